The lowest BCUT2D eigenvalue weighted by atomic mass is 10.1. The fourth-order valence-electron chi connectivity index (χ4n) is 4.17. The highest BCUT2D eigenvalue weighted by molar-refractivity contribution is 8.00. The van der Waals surface area contributed by atoms with Crippen molar-refractivity contribution in [3.63, 3.8) is 0 Å². The molecule has 4 aromatic carbocycles. The summed E-state index contributed by atoms with van der Waals surface area (Å²) in [6, 6.07) is 28.9. The number of hydrogen-bond acceptors (Lipinski definition) is 4. The van der Waals surface area contributed by atoms with Crippen molar-refractivity contribution in [2.75, 3.05) is 10.6 Å². The summed E-state index contributed by atoms with van der Waals surface area (Å²) in [5.41, 5.74) is 4.77. The van der Waals surface area contributed by atoms with Gasteiger partial charge in [-0.05, 0) is 91.6 Å². The highest BCUT2D eigenvalue weighted by Gasteiger charge is 2.18. The van der Waals surface area contributed by atoms with E-state index in [0.29, 0.717) is 21.8 Å². The summed E-state index contributed by atoms with van der Waals surface area (Å²) in [5, 5.41) is 8.89. The van der Waals surface area contributed by atoms with Crippen molar-refractivity contribution in [2.45, 2.75) is 37.3 Å². The molecule has 42 heavy (non-hydrogen) atoms. The van der Waals surface area contributed by atoms with Crippen LogP contribution in [-0.4, -0.2) is 23.0 Å². The van der Waals surface area contributed by atoms with E-state index >= 15 is 0 Å². The zero-order valence-electron chi connectivity index (χ0n) is 23.6. The third kappa shape index (κ3) is 8.35. The second-order valence-corrected chi connectivity index (χ2v) is 11.5. The van der Waals surface area contributed by atoms with Gasteiger partial charge >= 0.3 is 0 Å². The molecule has 0 radical (unpaired) electrons. The number of thioether (sulfide) groups is 1. The van der Waals surface area contributed by atoms with Gasteiger partial charge in [0.1, 0.15) is 5.70 Å². The van der Waals surface area contributed by atoms with Crippen molar-refractivity contribution >= 4 is 58.5 Å². The monoisotopic (exact) mass is 597 g/mol. The molecule has 8 heteroatoms. The Kier molecular flexibility index (Phi) is 10.6. The van der Waals surface area contributed by atoms with Crippen molar-refractivity contribution in [3.8, 4) is 0 Å². The first kappa shape index (κ1) is 30.6. The number of rotatable bonds is 10. The van der Waals surface area contributed by atoms with Crippen LogP contribution in [0.5, 0.6) is 0 Å². The van der Waals surface area contributed by atoms with Crippen molar-refractivity contribution in [1.29, 1.82) is 0 Å². The molecule has 0 fully saturated rings. The first-order chi connectivity index (χ1) is 20.2. The zero-order valence-corrected chi connectivity index (χ0v) is 25.2. The summed E-state index contributed by atoms with van der Waals surface area (Å²) in [5.74, 6) is -0.957. The summed E-state index contributed by atoms with van der Waals surface area (Å²) >= 11 is 7.43. The van der Waals surface area contributed by atoms with Crippen LogP contribution in [0.3, 0.4) is 0 Å². The van der Waals surface area contributed by atoms with Crippen LogP contribution < -0.4 is 16.0 Å². The van der Waals surface area contributed by atoms with Gasteiger partial charge in [-0.1, -0.05) is 67.1 Å². The van der Waals surface area contributed by atoms with E-state index in [-0.39, 0.29) is 16.9 Å². The van der Waals surface area contributed by atoms with Crippen LogP contribution in [-0.2, 0) is 16.0 Å². The smallest absolute Gasteiger partial charge is 0.272 e. The van der Waals surface area contributed by atoms with Crippen LogP contribution in [0.25, 0.3) is 6.08 Å². The van der Waals surface area contributed by atoms with E-state index in [2.05, 4.69) is 22.9 Å². The minimum Gasteiger partial charge on any atom is -0.325 e. The van der Waals surface area contributed by atoms with Crippen LogP contribution in [0.4, 0.5) is 11.4 Å². The molecule has 0 aliphatic rings. The van der Waals surface area contributed by atoms with E-state index < -0.39 is 11.8 Å². The van der Waals surface area contributed by atoms with Crippen molar-refractivity contribution in [3.05, 3.63) is 130 Å². The molecular weight excluding hydrogens is 566 g/mol. The molecule has 0 aliphatic carbocycles. The Labute approximate surface area is 255 Å². The maximum absolute atomic E-state index is 13.3. The Morgan fingerprint density at radius 3 is 2.21 bits per heavy atom. The SMILES string of the molecule is CCc1cccc(C)c1NC(=O)C(C)Sc1ccc(NC(=O)/C(=C/c2ccc(Cl)cc2)NC(=O)c2ccccc2)cc1. The van der Waals surface area contributed by atoms with Crippen LogP contribution in [0.1, 0.15) is 40.9 Å². The predicted octanol–water partition coefficient (Wildman–Crippen LogP) is 7.74. The van der Waals surface area contributed by atoms with Crippen molar-refractivity contribution in [1.82, 2.24) is 5.32 Å². The van der Waals surface area contributed by atoms with Gasteiger partial charge in [0.05, 0.1) is 5.25 Å². The fraction of sp³-hybridized carbons (Fsp3) is 0.147. The molecule has 3 amide bonds. The summed E-state index contributed by atoms with van der Waals surface area (Å²) in [7, 11) is 0. The Balaban J connectivity index is 1.43. The van der Waals surface area contributed by atoms with Crippen molar-refractivity contribution < 1.29 is 14.4 Å². The minimum atomic E-state index is -0.479. The number of para-hydroxylation sites is 1. The van der Waals surface area contributed by atoms with Crippen LogP contribution in [0.2, 0.25) is 5.02 Å². The first-order valence-corrected chi connectivity index (χ1v) is 14.8. The van der Waals surface area contributed by atoms with Gasteiger partial charge in [-0.3, -0.25) is 14.4 Å². The average Bonchev–Trinajstić information content (AvgIpc) is 3.00. The molecule has 4 aromatic rings. The van der Waals surface area contributed by atoms with E-state index in [1.54, 1.807) is 66.7 Å². The molecule has 0 aromatic heterocycles. The number of carbonyl (C=O) groups is 3. The summed E-state index contributed by atoms with van der Waals surface area (Å²) in [6.45, 7) is 5.92. The molecule has 3 N–H and O–H groups in total. The van der Waals surface area contributed by atoms with E-state index in [9.17, 15) is 14.4 Å². The number of amides is 3. The van der Waals surface area contributed by atoms with Crippen molar-refractivity contribution in [2.24, 2.45) is 0 Å². The standard InChI is InChI=1S/C34H32ClN3O3S/c1-4-25-12-8-9-22(2)31(25)38-32(39)23(3)42-29-19-17-28(18-20-29)36-34(41)30(21-24-13-15-27(35)16-14-24)37-33(40)26-10-6-5-7-11-26/h5-21,23H,4H2,1-3H3,(H,36,41)(H,37,40)(H,38,39)/b30-21-. The first-order valence-electron chi connectivity index (χ1n) is 13.5. The summed E-state index contributed by atoms with van der Waals surface area (Å²) in [4.78, 5) is 39.9. The molecular formula is C34H32ClN3O3S. The molecule has 214 valence electrons. The van der Waals surface area contributed by atoms with Crippen LogP contribution >= 0.6 is 23.4 Å². The highest BCUT2D eigenvalue weighted by atomic mass is 35.5. The molecule has 0 heterocycles. The largest absolute Gasteiger partial charge is 0.325 e. The molecule has 1 unspecified atom stereocenters. The van der Waals surface area contributed by atoms with Gasteiger partial charge in [0.25, 0.3) is 11.8 Å². The molecule has 0 saturated carbocycles. The number of nitrogens with one attached hydrogen (secondary N) is 3. The Hall–Kier alpha value is -4.33. The maximum Gasteiger partial charge on any atom is 0.272 e. The van der Waals surface area contributed by atoms with Gasteiger partial charge in [0, 0.05) is 26.9 Å². The molecule has 1 atom stereocenters. The van der Waals surface area contributed by atoms with E-state index in [4.69, 9.17) is 11.6 Å². The fourth-order valence-corrected chi connectivity index (χ4v) is 5.16. The number of carbonyl (C=O) groups excluding carboxylic acids is 3. The Morgan fingerprint density at radius 2 is 1.55 bits per heavy atom. The van der Waals surface area contributed by atoms with Gasteiger partial charge < -0.3 is 16.0 Å². The zero-order chi connectivity index (χ0) is 30.1. The average molecular weight is 598 g/mol. The van der Waals surface area contributed by atoms with Crippen LogP contribution in [0, 0.1) is 6.92 Å². The van der Waals surface area contributed by atoms with Crippen LogP contribution in [0.15, 0.2) is 108 Å². The number of anilines is 2. The number of aryl methyl sites for hydroxylation is 2. The van der Waals surface area contributed by atoms with Gasteiger partial charge in [-0.25, -0.2) is 0 Å². The minimum absolute atomic E-state index is 0.0764. The van der Waals surface area contributed by atoms with E-state index in [1.165, 1.54) is 11.8 Å². The second-order valence-electron chi connectivity index (χ2n) is 9.62. The molecule has 6 nitrogen and oxygen atoms in total. The molecule has 0 aliphatic heterocycles. The number of benzene rings is 4. The Bertz CT molecular complexity index is 1590. The second kappa shape index (κ2) is 14.5. The molecule has 0 bridgehead atoms. The van der Waals surface area contributed by atoms with Gasteiger partial charge in [-0.15, -0.1) is 11.8 Å². The normalized spacial score (nSPS) is 11.9. The third-order valence-corrected chi connectivity index (χ3v) is 7.86. The third-order valence-electron chi connectivity index (χ3n) is 6.49. The summed E-state index contributed by atoms with van der Waals surface area (Å²) < 4.78 is 0. The Morgan fingerprint density at radius 1 is 0.857 bits per heavy atom. The lowest BCUT2D eigenvalue weighted by Gasteiger charge is -2.16. The lowest BCUT2D eigenvalue weighted by Crippen LogP contribution is -2.30. The quantitative estimate of drug-likeness (QED) is 0.129. The molecule has 0 spiro atoms. The van der Waals surface area contributed by atoms with E-state index in [0.717, 1.165) is 28.1 Å². The number of hydrogen-bond donors (Lipinski definition) is 3. The van der Waals surface area contributed by atoms with Gasteiger partial charge in [-0.2, -0.15) is 0 Å². The highest BCUT2D eigenvalue weighted by Crippen LogP contribution is 2.27. The molecule has 0 saturated heterocycles. The van der Waals surface area contributed by atoms with Gasteiger partial charge in [0.2, 0.25) is 5.91 Å². The maximum atomic E-state index is 13.3. The van der Waals surface area contributed by atoms with Gasteiger partial charge in [0.15, 0.2) is 0 Å². The molecule has 4 rings (SSSR count). The predicted molar refractivity (Wildman–Crippen MR) is 173 cm³/mol. The topological polar surface area (TPSA) is 87.3 Å². The number of halogens is 1. The summed E-state index contributed by atoms with van der Waals surface area (Å²) in [6.07, 6.45) is 2.42. The van der Waals surface area contributed by atoms with E-state index in [1.807, 2.05) is 50.2 Å². The lowest BCUT2D eigenvalue weighted by molar-refractivity contribution is -0.115.